The summed E-state index contributed by atoms with van der Waals surface area (Å²) in [6, 6.07) is 0. The first kappa shape index (κ1) is 16.3. The third-order valence-electron chi connectivity index (χ3n) is 3.60. The highest BCUT2D eigenvalue weighted by molar-refractivity contribution is 7.87. The van der Waals surface area contributed by atoms with Crippen LogP contribution < -0.4 is 10.0 Å². The summed E-state index contributed by atoms with van der Waals surface area (Å²) in [5.41, 5.74) is 0. The van der Waals surface area contributed by atoms with Crippen LogP contribution in [0.25, 0.3) is 0 Å². The van der Waals surface area contributed by atoms with Gasteiger partial charge in [0, 0.05) is 26.1 Å². The summed E-state index contributed by atoms with van der Waals surface area (Å²) in [4.78, 5) is 4.04. The minimum atomic E-state index is -3.41. The van der Waals surface area contributed by atoms with Crippen molar-refractivity contribution in [2.75, 3.05) is 33.2 Å². The lowest BCUT2D eigenvalue weighted by molar-refractivity contribution is 0.268. The van der Waals surface area contributed by atoms with Crippen molar-refractivity contribution < 1.29 is 12.9 Å². The molecule has 0 aromatic carbocycles. The number of nitrogens with one attached hydrogen (secondary N) is 2. The standard InChI is InChI=1S/C12H23N5O3S/c1-10-15-12(20-16-10)3-6-14-21(18,19)17-7-4-11(5-8-17)9-13-2/h11,13-14H,3-9H2,1-2H3. The summed E-state index contributed by atoms with van der Waals surface area (Å²) in [5, 5.41) is 6.81. The Balaban J connectivity index is 1.77. The maximum atomic E-state index is 12.2. The molecule has 2 N–H and O–H groups in total. The quantitative estimate of drug-likeness (QED) is 0.715. The molecule has 0 bridgehead atoms. The minimum absolute atomic E-state index is 0.264. The van der Waals surface area contributed by atoms with E-state index in [1.54, 1.807) is 6.92 Å². The van der Waals surface area contributed by atoms with Crippen LogP contribution in [0.1, 0.15) is 24.6 Å². The van der Waals surface area contributed by atoms with Gasteiger partial charge in [0.2, 0.25) is 5.89 Å². The predicted octanol–water partition coefficient (Wildman–Crippen LogP) is -0.314. The normalized spacial score (nSPS) is 18.2. The van der Waals surface area contributed by atoms with E-state index in [1.165, 1.54) is 4.31 Å². The molecule has 2 rings (SSSR count). The molecule has 0 atom stereocenters. The second-order valence-corrected chi connectivity index (χ2v) is 7.04. The summed E-state index contributed by atoms with van der Waals surface area (Å²) < 4.78 is 33.4. The number of hydrogen-bond donors (Lipinski definition) is 2. The average molecular weight is 317 g/mol. The lowest BCUT2D eigenvalue weighted by Gasteiger charge is -2.31. The molecule has 0 spiro atoms. The van der Waals surface area contributed by atoms with Crippen LogP contribution in [0, 0.1) is 12.8 Å². The molecule has 21 heavy (non-hydrogen) atoms. The van der Waals surface area contributed by atoms with Crippen molar-refractivity contribution in [3.8, 4) is 0 Å². The monoisotopic (exact) mass is 317 g/mol. The second-order valence-electron chi connectivity index (χ2n) is 5.28. The van der Waals surface area contributed by atoms with E-state index in [0.717, 1.165) is 19.4 Å². The van der Waals surface area contributed by atoms with Crippen LogP contribution in [-0.4, -0.2) is 56.1 Å². The molecule has 1 aliphatic heterocycles. The molecule has 0 unspecified atom stereocenters. The highest BCUT2D eigenvalue weighted by Crippen LogP contribution is 2.18. The van der Waals surface area contributed by atoms with E-state index in [1.807, 2.05) is 7.05 Å². The highest BCUT2D eigenvalue weighted by atomic mass is 32.2. The van der Waals surface area contributed by atoms with Crippen LogP contribution in [0.2, 0.25) is 0 Å². The predicted molar refractivity (Wildman–Crippen MR) is 77.9 cm³/mol. The largest absolute Gasteiger partial charge is 0.339 e. The van der Waals surface area contributed by atoms with Crippen LogP contribution >= 0.6 is 0 Å². The zero-order valence-corrected chi connectivity index (χ0v) is 13.3. The van der Waals surface area contributed by atoms with Gasteiger partial charge in [0.05, 0.1) is 0 Å². The Labute approximate surface area is 125 Å². The maximum absolute atomic E-state index is 12.2. The molecule has 120 valence electrons. The van der Waals surface area contributed by atoms with Gasteiger partial charge in [-0.3, -0.25) is 0 Å². The fourth-order valence-corrected chi connectivity index (χ4v) is 3.70. The number of nitrogens with zero attached hydrogens (tertiary/aromatic N) is 3. The first-order chi connectivity index (χ1) is 10.0. The Hall–Kier alpha value is -1.03. The van der Waals surface area contributed by atoms with Gasteiger partial charge < -0.3 is 9.84 Å². The smallest absolute Gasteiger partial charge is 0.279 e. The van der Waals surface area contributed by atoms with Gasteiger partial charge in [0.15, 0.2) is 5.82 Å². The molecule has 1 aliphatic rings. The molecule has 0 aliphatic carbocycles. The summed E-state index contributed by atoms with van der Waals surface area (Å²) in [5.74, 6) is 1.56. The van der Waals surface area contributed by atoms with Gasteiger partial charge >= 0.3 is 0 Å². The number of aromatic nitrogens is 2. The third kappa shape index (κ3) is 4.73. The summed E-state index contributed by atoms with van der Waals surface area (Å²) in [6.07, 6.45) is 2.19. The van der Waals surface area contributed by atoms with Gasteiger partial charge in [-0.05, 0) is 39.3 Å². The van der Waals surface area contributed by atoms with Crippen LogP contribution in [0.5, 0.6) is 0 Å². The molecular weight excluding hydrogens is 294 g/mol. The number of rotatable bonds is 7. The van der Waals surface area contributed by atoms with Crippen molar-refractivity contribution in [3.05, 3.63) is 11.7 Å². The van der Waals surface area contributed by atoms with Gasteiger partial charge in [-0.2, -0.15) is 17.7 Å². The number of hydrogen-bond acceptors (Lipinski definition) is 6. The number of piperidine rings is 1. The van der Waals surface area contributed by atoms with Crippen molar-refractivity contribution in [1.29, 1.82) is 0 Å². The first-order valence-corrected chi connectivity index (χ1v) is 8.64. The Kier molecular flexibility index (Phi) is 5.68. The Morgan fingerprint density at radius 3 is 2.67 bits per heavy atom. The van der Waals surface area contributed by atoms with Crippen molar-refractivity contribution in [1.82, 2.24) is 24.5 Å². The van der Waals surface area contributed by atoms with Crippen molar-refractivity contribution in [3.63, 3.8) is 0 Å². The first-order valence-electron chi connectivity index (χ1n) is 7.20. The molecule has 0 amide bonds. The van der Waals surface area contributed by atoms with Gasteiger partial charge in [-0.25, -0.2) is 4.72 Å². The molecule has 0 saturated carbocycles. The molecule has 0 radical (unpaired) electrons. The van der Waals surface area contributed by atoms with E-state index in [0.29, 0.717) is 37.1 Å². The Bertz CT molecular complexity index is 537. The lowest BCUT2D eigenvalue weighted by Crippen LogP contribution is -2.46. The van der Waals surface area contributed by atoms with Gasteiger partial charge in [-0.1, -0.05) is 5.16 Å². The van der Waals surface area contributed by atoms with Gasteiger partial charge in [-0.15, -0.1) is 0 Å². The van der Waals surface area contributed by atoms with E-state index in [-0.39, 0.29) is 6.54 Å². The van der Waals surface area contributed by atoms with Gasteiger partial charge in [0.25, 0.3) is 10.2 Å². The van der Waals surface area contributed by atoms with E-state index < -0.39 is 10.2 Å². The summed E-state index contributed by atoms with van der Waals surface area (Å²) in [6.45, 7) is 4.08. The SMILES string of the molecule is CNCC1CCN(S(=O)(=O)NCCc2nc(C)no2)CC1. The maximum Gasteiger partial charge on any atom is 0.279 e. The van der Waals surface area contributed by atoms with Gasteiger partial charge in [0.1, 0.15) is 0 Å². The van der Waals surface area contributed by atoms with E-state index in [4.69, 9.17) is 4.52 Å². The third-order valence-corrected chi connectivity index (χ3v) is 5.21. The van der Waals surface area contributed by atoms with Crippen LogP contribution in [0.4, 0.5) is 0 Å². The van der Waals surface area contributed by atoms with E-state index in [2.05, 4.69) is 20.2 Å². The fraction of sp³-hybridized carbons (Fsp3) is 0.833. The molecule has 1 aromatic heterocycles. The van der Waals surface area contributed by atoms with Crippen LogP contribution in [0.15, 0.2) is 4.52 Å². The molecule has 1 aromatic rings. The van der Waals surface area contributed by atoms with Crippen molar-refractivity contribution >= 4 is 10.2 Å². The second kappa shape index (κ2) is 7.30. The molecular formula is C12H23N5O3S. The molecule has 1 saturated heterocycles. The van der Waals surface area contributed by atoms with E-state index >= 15 is 0 Å². The number of aryl methyl sites for hydroxylation is 1. The topological polar surface area (TPSA) is 100 Å². The van der Waals surface area contributed by atoms with Crippen LogP contribution in [-0.2, 0) is 16.6 Å². The highest BCUT2D eigenvalue weighted by Gasteiger charge is 2.27. The molecule has 9 heteroatoms. The summed E-state index contributed by atoms with van der Waals surface area (Å²) >= 11 is 0. The van der Waals surface area contributed by atoms with E-state index in [9.17, 15) is 8.42 Å². The zero-order chi connectivity index (χ0) is 15.3. The van der Waals surface area contributed by atoms with Crippen molar-refractivity contribution in [2.45, 2.75) is 26.2 Å². The fourth-order valence-electron chi connectivity index (χ4n) is 2.46. The molecule has 2 heterocycles. The minimum Gasteiger partial charge on any atom is -0.339 e. The Morgan fingerprint density at radius 2 is 2.10 bits per heavy atom. The van der Waals surface area contributed by atoms with Crippen molar-refractivity contribution in [2.24, 2.45) is 5.92 Å². The lowest BCUT2D eigenvalue weighted by atomic mass is 9.98. The summed E-state index contributed by atoms with van der Waals surface area (Å²) in [7, 11) is -1.49. The molecule has 8 nitrogen and oxygen atoms in total. The van der Waals surface area contributed by atoms with Crippen LogP contribution in [0.3, 0.4) is 0 Å². The Morgan fingerprint density at radius 1 is 1.38 bits per heavy atom. The molecule has 1 fully saturated rings. The zero-order valence-electron chi connectivity index (χ0n) is 12.5. The average Bonchev–Trinajstić information content (AvgIpc) is 2.85.